The molecule has 0 spiro atoms. The molecule has 5 heteroatoms. The van der Waals surface area contributed by atoms with Gasteiger partial charge in [0.1, 0.15) is 6.61 Å². The van der Waals surface area contributed by atoms with E-state index >= 15 is 0 Å². The summed E-state index contributed by atoms with van der Waals surface area (Å²) in [5.74, 6) is 0. The summed E-state index contributed by atoms with van der Waals surface area (Å²) in [5, 5.41) is 3.11. The molecular weight excluding hydrogens is 242 g/mol. The van der Waals surface area contributed by atoms with Gasteiger partial charge in [-0.25, -0.2) is 4.79 Å². The van der Waals surface area contributed by atoms with Crippen LogP contribution in [0.25, 0.3) is 5.70 Å². The molecule has 0 aromatic heterocycles. The number of primary amides is 1. The molecule has 5 N–H and O–H groups in total. The van der Waals surface area contributed by atoms with Crippen LogP contribution in [0.4, 0.5) is 10.5 Å². The Morgan fingerprint density at radius 1 is 1.47 bits per heavy atom. The van der Waals surface area contributed by atoms with Crippen LogP contribution in [0.5, 0.6) is 0 Å². The number of carbonyl (C=O) groups excluding carboxylic acids is 1. The van der Waals surface area contributed by atoms with Crippen molar-refractivity contribution in [3.63, 3.8) is 0 Å². The van der Waals surface area contributed by atoms with E-state index in [1.165, 1.54) is 5.56 Å². The van der Waals surface area contributed by atoms with E-state index in [0.29, 0.717) is 5.70 Å². The Hall–Kier alpha value is -2.43. The molecule has 0 fully saturated rings. The monoisotopic (exact) mass is 259 g/mol. The van der Waals surface area contributed by atoms with Gasteiger partial charge < -0.3 is 21.5 Å². The minimum Gasteiger partial charge on any atom is -0.443 e. The van der Waals surface area contributed by atoms with Gasteiger partial charge in [0.05, 0.1) is 0 Å². The van der Waals surface area contributed by atoms with Gasteiger partial charge in [-0.15, -0.1) is 0 Å². The molecule has 1 aromatic carbocycles. The molecule has 2 rings (SSSR count). The standard InChI is InChI=1S/C14H17N3O2/c1-9(8-19-14(16)18)17-12-7-3-5-10-4-2-6-11(15)13(10)12/h3,5-7,17H,1-2,4,8,15H2,(H2,16,18). The molecule has 1 aliphatic rings. The number of carbonyl (C=O) groups is 1. The lowest BCUT2D eigenvalue weighted by atomic mass is 9.93. The zero-order valence-electron chi connectivity index (χ0n) is 10.6. The number of rotatable bonds is 4. The van der Waals surface area contributed by atoms with Gasteiger partial charge in [-0.1, -0.05) is 24.8 Å². The second-order valence-electron chi connectivity index (χ2n) is 4.37. The van der Waals surface area contributed by atoms with Crippen molar-refractivity contribution in [3.05, 3.63) is 47.7 Å². The van der Waals surface area contributed by atoms with E-state index in [4.69, 9.17) is 11.5 Å². The quantitative estimate of drug-likeness (QED) is 0.770. The lowest BCUT2D eigenvalue weighted by molar-refractivity contribution is 0.167. The number of hydrogen-bond acceptors (Lipinski definition) is 4. The molecule has 0 aliphatic heterocycles. The molecule has 0 atom stereocenters. The first kappa shape index (κ1) is 13.0. The summed E-state index contributed by atoms with van der Waals surface area (Å²) < 4.78 is 4.68. The summed E-state index contributed by atoms with van der Waals surface area (Å²) in [6.45, 7) is 3.82. The van der Waals surface area contributed by atoms with E-state index in [1.807, 2.05) is 18.2 Å². The number of nitrogens with two attached hydrogens (primary N) is 2. The van der Waals surface area contributed by atoms with Gasteiger partial charge in [-0.3, -0.25) is 0 Å². The average molecular weight is 259 g/mol. The molecule has 0 bridgehead atoms. The van der Waals surface area contributed by atoms with E-state index in [2.05, 4.69) is 22.7 Å². The number of amides is 1. The fourth-order valence-corrected chi connectivity index (χ4v) is 2.12. The Balaban J connectivity index is 2.16. The summed E-state index contributed by atoms with van der Waals surface area (Å²) >= 11 is 0. The molecule has 0 radical (unpaired) electrons. The van der Waals surface area contributed by atoms with Crippen molar-refractivity contribution < 1.29 is 9.53 Å². The summed E-state index contributed by atoms with van der Waals surface area (Å²) in [5.41, 5.74) is 15.3. The van der Waals surface area contributed by atoms with Crippen LogP contribution in [-0.2, 0) is 11.2 Å². The minimum atomic E-state index is -0.822. The first-order valence-corrected chi connectivity index (χ1v) is 6.03. The molecule has 0 saturated carbocycles. The van der Waals surface area contributed by atoms with Gasteiger partial charge in [0.25, 0.3) is 0 Å². The maximum Gasteiger partial charge on any atom is 0.404 e. The lowest BCUT2D eigenvalue weighted by Gasteiger charge is -2.20. The molecule has 0 heterocycles. The molecule has 1 aliphatic carbocycles. The van der Waals surface area contributed by atoms with E-state index in [1.54, 1.807) is 0 Å². The molecule has 5 nitrogen and oxygen atoms in total. The van der Waals surface area contributed by atoms with Crippen LogP contribution in [0.15, 0.2) is 36.6 Å². The van der Waals surface area contributed by atoms with E-state index < -0.39 is 6.09 Å². The van der Waals surface area contributed by atoms with E-state index in [9.17, 15) is 4.79 Å². The smallest absolute Gasteiger partial charge is 0.404 e. The second-order valence-corrected chi connectivity index (χ2v) is 4.37. The second kappa shape index (κ2) is 5.48. The molecule has 0 unspecified atom stereocenters. The topological polar surface area (TPSA) is 90.4 Å². The fraction of sp³-hybridized carbons (Fsp3) is 0.214. The first-order valence-electron chi connectivity index (χ1n) is 6.03. The molecule has 100 valence electrons. The molecular formula is C14H17N3O2. The van der Waals surface area contributed by atoms with Crippen LogP contribution >= 0.6 is 0 Å². The third-order valence-electron chi connectivity index (χ3n) is 2.92. The zero-order chi connectivity index (χ0) is 13.8. The molecule has 1 amide bonds. The van der Waals surface area contributed by atoms with Crippen LogP contribution in [0.2, 0.25) is 0 Å². The van der Waals surface area contributed by atoms with Gasteiger partial charge in [0.2, 0.25) is 0 Å². The van der Waals surface area contributed by atoms with Crippen molar-refractivity contribution in [2.75, 3.05) is 11.9 Å². The fourth-order valence-electron chi connectivity index (χ4n) is 2.12. The highest BCUT2D eigenvalue weighted by molar-refractivity contribution is 5.79. The largest absolute Gasteiger partial charge is 0.443 e. The van der Waals surface area contributed by atoms with Crippen molar-refractivity contribution in [2.45, 2.75) is 12.8 Å². The summed E-state index contributed by atoms with van der Waals surface area (Å²) in [6, 6.07) is 5.94. The highest BCUT2D eigenvalue weighted by atomic mass is 16.5. The number of nitrogens with one attached hydrogen (secondary N) is 1. The van der Waals surface area contributed by atoms with Crippen molar-refractivity contribution in [2.24, 2.45) is 11.5 Å². The van der Waals surface area contributed by atoms with Crippen LogP contribution in [0, 0.1) is 0 Å². The Kier molecular flexibility index (Phi) is 3.75. The van der Waals surface area contributed by atoms with Gasteiger partial charge in [0.15, 0.2) is 0 Å². The van der Waals surface area contributed by atoms with Crippen LogP contribution in [-0.4, -0.2) is 12.7 Å². The van der Waals surface area contributed by atoms with Crippen molar-refractivity contribution in [3.8, 4) is 0 Å². The third kappa shape index (κ3) is 3.07. The number of anilines is 1. The molecule has 0 saturated heterocycles. The predicted octanol–water partition coefficient (Wildman–Crippen LogP) is 1.95. The Bertz CT molecular complexity index is 550. The average Bonchev–Trinajstić information content (AvgIpc) is 2.37. The van der Waals surface area contributed by atoms with Crippen molar-refractivity contribution in [1.29, 1.82) is 0 Å². The van der Waals surface area contributed by atoms with Crippen LogP contribution in [0.3, 0.4) is 0 Å². The van der Waals surface area contributed by atoms with Gasteiger partial charge in [-0.05, 0) is 24.5 Å². The Morgan fingerprint density at radius 3 is 3.00 bits per heavy atom. The summed E-state index contributed by atoms with van der Waals surface area (Å²) in [4.78, 5) is 10.5. The first-order chi connectivity index (χ1) is 9.08. The van der Waals surface area contributed by atoms with Gasteiger partial charge in [-0.2, -0.15) is 0 Å². The third-order valence-corrected chi connectivity index (χ3v) is 2.92. The SMILES string of the molecule is C=C(COC(N)=O)Nc1cccc2c1C(N)=CCC2. The number of ether oxygens (including phenoxy) is 1. The highest BCUT2D eigenvalue weighted by Crippen LogP contribution is 2.30. The van der Waals surface area contributed by atoms with Gasteiger partial charge >= 0.3 is 6.09 Å². The van der Waals surface area contributed by atoms with Crippen molar-refractivity contribution >= 4 is 17.5 Å². The van der Waals surface area contributed by atoms with Gasteiger partial charge in [0, 0.05) is 22.6 Å². The number of allylic oxidation sites excluding steroid dienone is 1. The van der Waals surface area contributed by atoms with Crippen molar-refractivity contribution in [1.82, 2.24) is 0 Å². The van der Waals surface area contributed by atoms with Crippen LogP contribution < -0.4 is 16.8 Å². The number of fused-ring (bicyclic) bond motifs is 1. The lowest BCUT2D eigenvalue weighted by Crippen LogP contribution is -2.17. The normalized spacial score (nSPS) is 13.2. The van der Waals surface area contributed by atoms with E-state index in [0.717, 1.165) is 29.8 Å². The maximum absolute atomic E-state index is 10.5. The zero-order valence-corrected chi connectivity index (χ0v) is 10.6. The maximum atomic E-state index is 10.5. The predicted molar refractivity (Wildman–Crippen MR) is 75.2 cm³/mol. The molecule has 19 heavy (non-hydrogen) atoms. The number of hydrogen-bond donors (Lipinski definition) is 3. The summed E-state index contributed by atoms with van der Waals surface area (Å²) in [7, 11) is 0. The number of benzene rings is 1. The highest BCUT2D eigenvalue weighted by Gasteiger charge is 2.14. The van der Waals surface area contributed by atoms with Crippen LogP contribution in [0.1, 0.15) is 17.5 Å². The Morgan fingerprint density at radius 2 is 2.26 bits per heavy atom. The summed E-state index contributed by atoms with van der Waals surface area (Å²) in [6.07, 6.45) is 3.11. The van der Waals surface area contributed by atoms with E-state index in [-0.39, 0.29) is 6.61 Å². The molecule has 1 aromatic rings. The minimum absolute atomic E-state index is 0.0304. The Labute approximate surface area is 111 Å². The number of aryl methyl sites for hydroxylation is 1.